The van der Waals surface area contributed by atoms with Crippen LogP contribution in [-0.4, -0.2) is 0 Å². The maximum atomic E-state index is 2.61. The van der Waals surface area contributed by atoms with Gasteiger partial charge in [0.05, 0.1) is 0 Å². The summed E-state index contributed by atoms with van der Waals surface area (Å²) >= 11 is 0. The Bertz CT molecular complexity index is 346. The Labute approximate surface area is 147 Å². The molecule has 0 bridgehead atoms. The summed E-state index contributed by atoms with van der Waals surface area (Å²) in [6, 6.07) is 0. The second-order valence-electron chi connectivity index (χ2n) is 9.54. The van der Waals surface area contributed by atoms with E-state index in [2.05, 4.69) is 27.7 Å². The van der Waals surface area contributed by atoms with Gasteiger partial charge in [-0.1, -0.05) is 67.2 Å². The first kappa shape index (κ1) is 19.3. The molecule has 3 aliphatic rings. The van der Waals surface area contributed by atoms with E-state index in [0.29, 0.717) is 5.41 Å². The summed E-state index contributed by atoms with van der Waals surface area (Å²) in [5.74, 6) is 6.14. The molecule has 0 spiro atoms. The van der Waals surface area contributed by atoms with Crippen LogP contribution in [0, 0.1) is 40.9 Å². The molecule has 7 atom stereocenters. The fourth-order valence-electron chi connectivity index (χ4n) is 6.13. The Balaban J connectivity index is 0.000000924. The third-order valence-electron chi connectivity index (χ3n) is 8.17. The van der Waals surface area contributed by atoms with Crippen molar-refractivity contribution in [2.75, 3.05) is 0 Å². The van der Waals surface area contributed by atoms with Gasteiger partial charge in [0.15, 0.2) is 0 Å². The van der Waals surface area contributed by atoms with Crippen molar-refractivity contribution in [1.82, 2.24) is 0 Å². The van der Waals surface area contributed by atoms with Crippen molar-refractivity contribution in [3.05, 3.63) is 0 Å². The second kappa shape index (κ2) is 8.39. The minimum Gasteiger partial charge on any atom is -0.0683 e. The summed E-state index contributed by atoms with van der Waals surface area (Å²) < 4.78 is 0. The second-order valence-corrected chi connectivity index (χ2v) is 9.54. The average molecular weight is 321 g/mol. The third kappa shape index (κ3) is 4.35. The van der Waals surface area contributed by atoms with Crippen LogP contribution in [-0.2, 0) is 0 Å². The highest BCUT2D eigenvalue weighted by Gasteiger charge is 2.47. The monoisotopic (exact) mass is 320 g/mol. The predicted octanol–water partition coefficient (Wildman–Crippen LogP) is 7.72. The van der Waals surface area contributed by atoms with E-state index in [1.807, 2.05) is 13.8 Å². The van der Waals surface area contributed by atoms with E-state index in [-0.39, 0.29) is 0 Å². The lowest BCUT2D eigenvalue weighted by atomic mass is 9.52. The summed E-state index contributed by atoms with van der Waals surface area (Å²) in [7, 11) is 0. The molecule has 0 aromatic rings. The fourth-order valence-corrected chi connectivity index (χ4v) is 6.13. The maximum Gasteiger partial charge on any atom is -0.0292 e. The molecule has 0 heterocycles. The van der Waals surface area contributed by atoms with Gasteiger partial charge in [0, 0.05) is 0 Å². The van der Waals surface area contributed by atoms with E-state index in [1.54, 1.807) is 19.3 Å². The van der Waals surface area contributed by atoms with Crippen LogP contribution in [0.25, 0.3) is 0 Å². The van der Waals surface area contributed by atoms with Gasteiger partial charge in [0.2, 0.25) is 0 Å². The zero-order valence-electron chi connectivity index (χ0n) is 17.0. The molecule has 136 valence electrons. The lowest BCUT2D eigenvalue weighted by Gasteiger charge is -2.53. The molecule has 3 aliphatic carbocycles. The van der Waals surface area contributed by atoms with Crippen LogP contribution in [0.3, 0.4) is 0 Å². The molecule has 3 fully saturated rings. The molecule has 0 aliphatic heterocycles. The zero-order chi connectivity index (χ0) is 17.0. The molecular weight excluding hydrogens is 276 g/mol. The Hall–Kier alpha value is 0. The standard InChI is InChI=1S/C21H38.C2H6/c1-15-7-9-19-11-10-18(19)6-5-13-21(4)14-17(3)20(21)12-8-16(15)2;1-2/h15-20H,5-14H2,1-4H3;1-2H3. The van der Waals surface area contributed by atoms with Crippen molar-refractivity contribution in [3.63, 3.8) is 0 Å². The van der Waals surface area contributed by atoms with Crippen LogP contribution in [0.15, 0.2) is 0 Å². The van der Waals surface area contributed by atoms with Crippen molar-refractivity contribution in [2.45, 2.75) is 106 Å². The van der Waals surface area contributed by atoms with Gasteiger partial charge in [-0.25, -0.2) is 0 Å². The molecule has 0 nitrogen and oxygen atoms in total. The number of hydrogen-bond donors (Lipinski definition) is 0. The van der Waals surface area contributed by atoms with E-state index in [1.165, 1.54) is 44.9 Å². The molecule has 3 saturated carbocycles. The molecule has 23 heavy (non-hydrogen) atoms. The topological polar surface area (TPSA) is 0 Å². The van der Waals surface area contributed by atoms with Crippen molar-refractivity contribution < 1.29 is 0 Å². The Kier molecular flexibility index (Phi) is 7.05. The first-order chi connectivity index (χ1) is 11.0. The Morgan fingerprint density at radius 2 is 1.17 bits per heavy atom. The van der Waals surface area contributed by atoms with Gasteiger partial charge in [0.1, 0.15) is 0 Å². The molecule has 0 aromatic heterocycles. The van der Waals surface area contributed by atoms with Crippen LogP contribution in [0.5, 0.6) is 0 Å². The van der Waals surface area contributed by atoms with Gasteiger partial charge in [-0.2, -0.15) is 0 Å². The molecule has 0 saturated heterocycles. The summed E-state index contributed by atoms with van der Waals surface area (Å²) in [4.78, 5) is 0. The lowest BCUT2D eigenvalue weighted by molar-refractivity contribution is -0.0375. The Morgan fingerprint density at radius 1 is 0.652 bits per heavy atom. The fraction of sp³-hybridized carbons (Fsp3) is 1.00. The van der Waals surface area contributed by atoms with E-state index in [4.69, 9.17) is 0 Å². The highest BCUT2D eigenvalue weighted by Crippen LogP contribution is 2.57. The summed E-state index contributed by atoms with van der Waals surface area (Å²) in [5.41, 5.74) is 0.704. The minimum atomic E-state index is 0.704. The summed E-state index contributed by atoms with van der Waals surface area (Å²) in [6.07, 6.45) is 15.2. The molecular formula is C23H44. The normalized spacial score (nSPS) is 47.7. The number of fused-ring (bicyclic) bond motifs is 2. The molecule has 0 radical (unpaired) electrons. The summed E-state index contributed by atoms with van der Waals surface area (Å²) in [5, 5.41) is 0. The highest BCUT2D eigenvalue weighted by molar-refractivity contribution is 4.97. The van der Waals surface area contributed by atoms with E-state index < -0.39 is 0 Å². The number of hydrogen-bond acceptors (Lipinski definition) is 0. The third-order valence-corrected chi connectivity index (χ3v) is 8.17. The van der Waals surface area contributed by atoms with Gasteiger partial charge in [-0.05, 0) is 79.4 Å². The first-order valence-electron chi connectivity index (χ1n) is 11.0. The van der Waals surface area contributed by atoms with Gasteiger partial charge in [-0.15, -0.1) is 0 Å². The molecule has 0 amide bonds. The van der Waals surface area contributed by atoms with Crippen LogP contribution >= 0.6 is 0 Å². The van der Waals surface area contributed by atoms with E-state index in [0.717, 1.165) is 35.5 Å². The molecule has 3 rings (SSSR count). The largest absolute Gasteiger partial charge is 0.0683 e. The van der Waals surface area contributed by atoms with Gasteiger partial charge in [-0.3, -0.25) is 0 Å². The molecule has 7 unspecified atom stereocenters. The van der Waals surface area contributed by atoms with Crippen molar-refractivity contribution in [1.29, 1.82) is 0 Å². The van der Waals surface area contributed by atoms with E-state index in [9.17, 15) is 0 Å². The highest BCUT2D eigenvalue weighted by atomic mass is 14.5. The zero-order valence-corrected chi connectivity index (χ0v) is 17.0. The van der Waals surface area contributed by atoms with Crippen LogP contribution in [0.1, 0.15) is 106 Å². The van der Waals surface area contributed by atoms with Crippen molar-refractivity contribution >= 4 is 0 Å². The molecule has 0 aromatic carbocycles. The van der Waals surface area contributed by atoms with Gasteiger partial charge in [0.25, 0.3) is 0 Å². The summed E-state index contributed by atoms with van der Waals surface area (Å²) in [6.45, 7) is 14.2. The van der Waals surface area contributed by atoms with Gasteiger partial charge >= 0.3 is 0 Å². The van der Waals surface area contributed by atoms with Crippen LogP contribution in [0.2, 0.25) is 0 Å². The SMILES string of the molecule is CC.CC1CCC2CCC2CCCC2(C)CC(C)C2CCC1C. The average Bonchev–Trinajstić information content (AvgIpc) is 2.51. The van der Waals surface area contributed by atoms with Gasteiger partial charge < -0.3 is 0 Å². The Morgan fingerprint density at radius 3 is 1.74 bits per heavy atom. The quantitative estimate of drug-likeness (QED) is 0.428. The van der Waals surface area contributed by atoms with E-state index >= 15 is 0 Å². The van der Waals surface area contributed by atoms with Crippen LogP contribution in [0.4, 0.5) is 0 Å². The maximum absolute atomic E-state index is 2.61. The predicted molar refractivity (Wildman–Crippen MR) is 104 cm³/mol. The minimum absolute atomic E-state index is 0.704. The smallest absolute Gasteiger partial charge is 0.0292 e. The first-order valence-corrected chi connectivity index (χ1v) is 11.0. The lowest BCUT2D eigenvalue weighted by Crippen LogP contribution is -2.44. The van der Waals surface area contributed by atoms with Crippen LogP contribution < -0.4 is 0 Å². The van der Waals surface area contributed by atoms with Crippen molar-refractivity contribution in [2.24, 2.45) is 40.9 Å². The molecule has 0 heteroatoms. The molecule has 0 N–H and O–H groups in total. The van der Waals surface area contributed by atoms with Crippen molar-refractivity contribution in [3.8, 4) is 0 Å². The number of rotatable bonds is 0.